The molecule has 4 aromatic rings. The van der Waals surface area contributed by atoms with E-state index in [-0.39, 0.29) is 42.1 Å². The molecule has 3 aliphatic heterocycles. The number of anilines is 2. The molecule has 4 heterocycles. The molecule has 278 valence electrons. The summed E-state index contributed by atoms with van der Waals surface area (Å²) in [4.78, 5) is 43.3. The minimum absolute atomic E-state index is 0.0287. The first kappa shape index (κ1) is 36.4. The first-order valence-electron chi connectivity index (χ1n) is 18.3. The lowest BCUT2D eigenvalue weighted by Crippen LogP contribution is -2.51. The van der Waals surface area contributed by atoms with Crippen molar-refractivity contribution in [1.82, 2.24) is 15.0 Å². The highest BCUT2D eigenvalue weighted by Gasteiger charge is 2.66. The van der Waals surface area contributed by atoms with Crippen LogP contribution in [-0.4, -0.2) is 71.3 Å². The van der Waals surface area contributed by atoms with E-state index >= 15 is 4.79 Å². The predicted octanol–water partition coefficient (Wildman–Crippen LogP) is 5.10. The third-order valence-electron chi connectivity index (χ3n) is 11.5. The maximum absolute atomic E-state index is 15.2. The van der Waals surface area contributed by atoms with Crippen molar-refractivity contribution in [2.45, 2.75) is 82.5 Å². The molecule has 13 nitrogen and oxygen atoms in total. The zero-order chi connectivity index (χ0) is 37.5. The third-order valence-corrected chi connectivity index (χ3v) is 15.9. The summed E-state index contributed by atoms with van der Waals surface area (Å²) in [6.07, 6.45) is 4.67. The van der Waals surface area contributed by atoms with Crippen molar-refractivity contribution in [2.75, 3.05) is 30.1 Å². The molecule has 1 aromatic heterocycles. The minimum Gasteiger partial charge on any atom is -0.497 e. The Morgan fingerprint density at radius 2 is 1.89 bits per heavy atom. The number of rotatable bonds is 12. The average molecular weight is 739 g/mol. The molecule has 14 heteroatoms. The zero-order valence-corrected chi connectivity index (χ0v) is 31.6. The molecule has 2 fully saturated rings. The van der Waals surface area contributed by atoms with Crippen molar-refractivity contribution in [2.24, 2.45) is 5.92 Å². The summed E-state index contributed by atoms with van der Waals surface area (Å²) >= 11 is 0. The number of non-ortho nitro benzene ring substituents is 1. The SMILES string of the molecule is COc1ccc([Si](C)(C)[C@@H]2[C@@H](CCn3cc(CCO)nn3)O[C@]3(C(=O)N(Cc4cccc(N5CCCCC5=O)c4)c4ccc([N+](=O)[O-])cc43)[C@H]2C)cc1. The van der Waals surface area contributed by atoms with Crippen LogP contribution in [0.25, 0.3) is 0 Å². The maximum atomic E-state index is 15.2. The molecule has 0 unspecified atom stereocenters. The lowest BCUT2D eigenvalue weighted by molar-refractivity contribution is -0.385. The third kappa shape index (κ3) is 6.53. The Balaban J connectivity index is 1.29. The number of piperidine rings is 1. The number of benzene rings is 3. The number of methoxy groups -OCH3 is 1. The van der Waals surface area contributed by atoms with Crippen molar-refractivity contribution >= 4 is 42.1 Å². The Labute approximate surface area is 309 Å². The van der Waals surface area contributed by atoms with E-state index in [0.29, 0.717) is 49.3 Å². The van der Waals surface area contributed by atoms with Gasteiger partial charge in [-0.25, -0.2) is 0 Å². The first-order chi connectivity index (χ1) is 25.5. The lowest BCUT2D eigenvalue weighted by atomic mass is 9.82. The predicted molar refractivity (Wildman–Crippen MR) is 202 cm³/mol. The van der Waals surface area contributed by atoms with E-state index < -0.39 is 24.7 Å². The molecule has 7 rings (SSSR count). The van der Waals surface area contributed by atoms with Gasteiger partial charge in [0.05, 0.1) is 44.1 Å². The second-order valence-electron chi connectivity index (χ2n) is 14.9. The first-order valence-corrected chi connectivity index (χ1v) is 21.4. The van der Waals surface area contributed by atoms with E-state index in [0.717, 1.165) is 29.8 Å². The van der Waals surface area contributed by atoms with E-state index in [1.54, 1.807) is 22.8 Å². The molecule has 3 aromatic carbocycles. The molecule has 53 heavy (non-hydrogen) atoms. The molecule has 3 aliphatic rings. The highest BCUT2D eigenvalue weighted by atomic mass is 28.3. The van der Waals surface area contributed by atoms with Gasteiger partial charge in [-0.3, -0.25) is 24.4 Å². The summed E-state index contributed by atoms with van der Waals surface area (Å²) in [6.45, 7) is 7.94. The van der Waals surface area contributed by atoms with E-state index in [9.17, 15) is 20.0 Å². The van der Waals surface area contributed by atoms with Crippen LogP contribution in [0.5, 0.6) is 5.75 Å². The van der Waals surface area contributed by atoms with Gasteiger partial charge in [0.25, 0.3) is 11.6 Å². The van der Waals surface area contributed by atoms with Gasteiger partial charge in [0, 0.05) is 68.0 Å². The Hall–Kier alpha value is -4.92. The molecule has 4 atom stereocenters. The summed E-state index contributed by atoms with van der Waals surface area (Å²) in [5.74, 6) is 0.237. The number of aliphatic hydroxyl groups excluding tert-OH is 1. The van der Waals surface area contributed by atoms with Crippen molar-refractivity contribution in [3.63, 3.8) is 0 Å². The van der Waals surface area contributed by atoms with Crippen LogP contribution in [0.3, 0.4) is 0 Å². The van der Waals surface area contributed by atoms with Crippen LogP contribution in [0.2, 0.25) is 18.6 Å². The molecule has 2 amide bonds. The fraction of sp³-hybridized carbons (Fsp3) is 0.436. The van der Waals surface area contributed by atoms with Gasteiger partial charge in [-0.15, -0.1) is 5.10 Å². The zero-order valence-electron chi connectivity index (χ0n) is 30.6. The quantitative estimate of drug-likeness (QED) is 0.119. The van der Waals surface area contributed by atoms with Gasteiger partial charge >= 0.3 is 0 Å². The minimum atomic E-state index is -2.46. The van der Waals surface area contributed by atoms with Gasteiger partial charge in [0.1, 0.15) is 5.75 Å². The molecule has 0 radical (unpaired) electrons. The number of nitrogens with zero attached hydrogens (tertiary/aromatic N) is 6. The van der Waals surface area contributed by atoms with E-state index in [2.05, 4.69) is 42.5 Å². The maximum Gasteiger partial charge on any atom is 0.269 e. The van der Waals surface area contributed by atoms with E-state index in [1.165, 1.54) is 17.3 Å². The standard InChI is InChI=1S/C39H46N6O7Si/c1-26-37(53(3,4)32-14-12-31(51-2)13-15-32)35(17-20-42-25-28(18-21-46)40-41-42)52-39(26)33-23-30(45(49)50)11-16-34(33)44(38(39)48)24-27-8-7-9-29(22-27)43-19-6-5-10-36(43)47/h7-9,11-16,22-23,25-26,35,37,46H,5-6,10,17-21,24H2,1-4H3/t26-,35+,37-,39+/m0/s1. The van der Waals surface area contributed by atoms with Crippen molar-refractivity contribution < 1.29 is 29.1 Å². The largest absolute Gasteiger partial charge is 0.497 e. The van der Waals surface area contributed by atoms with Crippen molar-refractivity contribution in [3.8, 4) is 5.75 Å². The van der Waals surface area contributed by atoms with Crippen LogP contribution >= 0.6 is 0 Å². The second-order valence-corrected chi connectivity index (χ2v) is 19.6. The van der Waals surface area contributed by atoms with Crippen LogP contribution < -0.4 is 19.7 Å². The molecule has 1 spiro atoms. The van der Waals surface area contributed by atoms with Crippen molar-refractivity contribution in [1.29, 1.82) is 0 Å². The van der Waals surface area contributed by atoms with Crippen LogP contribution in [0.4, 0.5) is 17.1 Å². The molecule has 0 bridgehead atoms. The number of aliphatic hydroxyl groups is 1. The van der Waals surface area contributed by atoms with Gasteiger partial charge in [-0.2, -0.15) is 0 Å². The number of aryl methyl sites for hydroxylation is 1. The van der Waals surface area contributed by atoms with Crippen LogP contribution in [0.15, 0.2) is 72.9 Å². The van der Waals surface area contributed by atoms with Gasteiger partial charge in [-0.1, -0.05) is 54.7 Å². The molecule has 1 N–H and O–H groups in total. The molecule has 2 saturated heterocycles. The number of amides is 2. The number of carbonyl (C=O) groups is 2. The molecule has 0 aliphatic carbocycles. The number of hydrogen-bond acceptors (Lipinski definition) is 9. The fourth-order valence-electron chi connectivity index (χ4n) is 8.86. The number of carbonyl (C=O) groups excluding carboxylic acids is 2. The molecular formula is C39H46N6O7Si. The van der Waals surface area contributed by atoms with Gasteiger partial charge in [0.2, 0.25) is 5.91 Å². The Kier molecular flexibility index (Phi) is 9.96. The van der Waals surface area contributed by atoms with Crippen LogP contribution in [-0.2, 0) is 39.4 Å². The Bertz CT molecular complexity index is 2020. The Morgan fingerprint density at radius 3 is 2.60 bits per heavy atom. The van der Waals surface area contributed by atoms with Crippen molar-refractivity contribution in [3.05, 3.63) is 99.9 Å². The number of aromatic nitrogens is 3. The number of fused-ring (bicyclic) bond motifs is 2. The van der Waals surface area contributed by atoms with Crippen LogP contribution in [0, 0.1) is 16.0 Å². The van der Waals surface area contributed by atoms with E-state index in [1.807, 2.05) is 47.5 Å². The number of nitro benzene ring substituents is 1. The van der Waals surface area contributed by atoms with Gasteiger partial charge < -0.3 is 24.4 Å². The Morgan fingerprint density at radius 1 is 1.09 bits per heavy atom. The average Bonchev–Trinajstić information content (AvgIpc) is 3.80. The van der Waals surface area contributed by atoms with E-state index in [4.69, 9.17) is 9.47 Å². The summed E-state index contributed by atoms with van der Waals surface area (Å²) in [5, 5.41) is 31.2. The monoisotopic (exact) mass is 738 g/mol. The van der Waals surface area contributed by atoms with Gasteiger partial charge in [0.15, 0.2) is 5.60 Å². The number of hydrogen-bond donors (Lipinski definition) is 1. The normalized spacial score (nSPS) is 22.8. The summed E-state index contributed by atoms with van der Waals surface area (Å²) in [5.41, 5.74) is 1.75. The topological polar surface area (TPSA) is 153 Å². The number of nitro groups is 1. The molecule has 0 saturated carbocycles. The second kappa shape index (κ2) is 14.5. The highest BCUT2D eigenvalue weighted by Crippen LogP contribution is 2.60. The lowest BCUT2D eigenvalue weighted by Gasteiger charge is -2.37. The summed E-state index contributed by atoms with van der Waals surface area (Å²) < 4.78 is 14.4. The summed E-state index contributed by atoms with van der Waals surface area (Å²) in [6, 6.07) is 20.5. The fourth-order valence-corrected chi connectivity index (χ4v) is 12.9. The molecular weight excluding hydrogens is 693 g/mol. The van der Waals surface area contributed by atoms with Gasteiger partial charge in [-0.05, 0) is 60.7 Å². The van der Waals surface area contributed by atoms with Crippen LogP contribution in [0.1, 0.15) is 49.4 Å². The summed E-state index contributed by atoms with van der Waals surface area (Å²) in [7, 11) is -0.827. The smallest absolute Gasteiger partial charge is 0.269 e. The number of ether oxygens (including phenoxy) is 2. The highest BCUT2D eigenvalue weighted by molar-refractivity contribution is 6.91.